The van der Waals surface area contributed by atoms with Gasteiger partial charge in [-0.1, -0.05) is 0 Å². The third-order valence-electron chi connectivity index (χ3n) is 2.97. The highest BCUT2D eigenvalue weighted by Crippen LogP contribution is 2.20. The first kappa shape index (κ1) is 9.68. The predicted molar refractivity (Wildman–Crippen MR) is 56.2 cm³/mol. The number of nitrogens with zero attached hydrogens (tertiary/aromatic N) is 3. The molecule has 1 atom stereocenters. The Morgan fingerprint density at radius 1 is 1.57 bits per heavy atom. The van der Waals surface area contributed by atoms with E-state index < -0.39 is 0 Å². The Labute approximate surface area is 84.9 Å². The summed E-state index contributed by atoms with van der Waals surface area (Å²) in [5.41, 5.74) is 1.27. The van der Waals surface area contributed by atoms with Crippen LogP contribution in [0.15, 0.2) is 12.4 Å². The third kappa shape index (κ3) is 1.67. The second kappa shape index (κ2) is 3.71. The maximum Gasteiger partial charge on any atom is 0.0772 e. The Bertz CT molecular complexity index is 301. The predicted octanol–water partition coefficient (Wildman–Crippen LogP) is 0.650. The van der Waals surface area contributed by atoms with Crippen molar-refractivity contribution in [2.24, 2.45) is 0 Å². The molecule has 78 valence electrons. The Kier molecular flexibility index (Phi) is 2.56. The first-order chi connectivity index (χ1) is 6.70. The lowest BCUT2D eigenvalue weighted by Crippen LogP contribution is -2.45. The lowest BCUT2D eigenvalue weighted by Gasteiger charge is -2.36. The van der Waals surface area contributed by atoms with Crippen LogP contribution in [-0.2, 0) is 0 Å². The van der Waals surface area contributed by atoms with Gasteiger partial charge in [0, 0.05) is 30.9 Å². The summed E-state index contributed by atoms with van der Waals surface area (Å²) < 4.78 is 2.09. The van der Waals surface area contributed by atoms with E-state index in [4.69, 9.17) is 0 Å². The zero-order valence-corrected chi connectivity index (χ0v) is 9.07. The molecule has 1 N–H and O–H groups in total. The van der Waals surface area contributed by atoms with E-state index in [1.807, 2.05) is 13.2 Å². The fraction of sp³-hybridized carbons (Fsp3) is 0.700. The zero-order valence-electron chi connectivity index (χ0n) is 9.07. The van der Waals surface area contributed by atoms with Gasteiger partial charge in [-0.15, -0.1) is 0 Å². The molecule has 1 fully saturated rings. The van der Waals surface area contributed by atoms with E-state index in [0.29, 0.717) is 12.1 Å². The van der Waals surface area contributed by atoms with Crippen molar-refractivity contribution in [2.45, 2.75) is 19.0 Å². The second-order valence-corrected chi connectivity index (χ2v) is 4.14. The van der Waals surface area contributed by atoms with Gasteiger partial charge in [-0.05, 0) is 21.0 Å². The van der Waals surface area contributed by atoms with Crippen LogP contribution in [0, 0.1) is 0 Å². The standard InChI is InChI=1S/C10H18N4/c1-8(11-2)9-4-12-14(5-9)10-6-13(3)7-10/h4-5,8,10-11H,6-7H2,1-3H3. The lowest BCUT2D eigenvalue weighted by atomic mass is 10.1. The van der Waals surface area contributed by atoms with E-state index in [-0.39, 0.29) is 0 Å². The molecule has 2 heterocycles. The van der Waals surface area contributed by atoms with Crippen LogP contribution in [0.4, 0.5) is 0 Å². The number of nitrogens with one attached hydrogen (secondary N) is 1. The molecule has 1 unspecified atom stereocenters. The smallest absolute Gasteiger partial charge is 0.0772 e. The Morgan fingerprint density at radius 2 is 2.29 bits per heavy atom. The minimum absolute atomic E-state index is 0.390. The number of likely N-dealkylation sites (N-methyl/N-ethyl adjacent to an activating group) is 1. The van der Waals surface area contributed by atoms with E-state index in [1.54, 1.807) is 0 Å². The summed E-state index contributed by atoms with van der Waals surface area (Å²) in [5, 5.41) is 7.61. The van der Waals surface area contributed by atoms with Crippen LogP contribution in [0.3, 0.4) is 0 Å². The quantitative estimate of drug-likeness (QED) is 0.767. The van der Waals surface area contributed by atoms with E-state index in [9.17, 15) is 0 Å². The fourth-order valence-corrected chi connectivity index (χ4v) is 1.78. The van der Waals surface area contributed by atoms with Gasteiger partial charge >= 0.3 is 0 Å². The number of hydrogen-bond acceptors (Lipinski definition) is 3. The molecule has 1 saturated heterocycles. The summed E-state index contributed by atoms with van der Waals surface area (Å²) in [7, 11) is 4.11. The summed E-state index contributed by atoms with van der Waals surface area (Å²) in [4.78, 5) is 2.30. The van der Waals surface area contributed by atoms with Crippen LogP contribution in [0.5, 0.6) is 0 Å². The van der Waals surface area contributed by atoms with Gasteiger partial charge in [0.15, 0.2) is 0 Å². The molecule has 1 aromatic heterocycles. The molecule has 1 aliphatic rings. The zero-order chi connectivity index (χ0) is 10.1. The van der Waals surface area contributed by atoms with Crippen molar-refractivity contribution in [2.75, 3.05) is 27.2 Å². The molecule has 1 aromatic rings. The highest BCUT2D eigenvalue weighted by Gasteiger charge is 2.25. The van der Waals surface area contributed by atoms with Crippen molar-refractivity contribution in [3.8, 4) is 0 Å². The monoisotopic (exact) mass is 194 g/mol. The van der Waals surface area contributed by atoms with Crippen molar-refractivity contribution < 1.29 is 0 Å². The third-order valence-corrected chi connectivity index (χ3v) is 2.97. The van der Waals surface area contributed by atoms with Crippen molar-refractivity contribution >= 4 is 0 Å². The summed E-state index contributed by atoms with van der Waals surface area (Å²) in [6.07, 6.45) is 4.11. The van der Waals surface area contributed by atoms with Crippen molar-refractivity contribution in [3.63, 3.8) is 0 Å². The van der Waals surface area contributed by atoms with Gasteiger partial charge in [-0.2, -0.15) is 5.10 Å². The van der Waals surface area contributed by atoms with Gasteiger partial charge in [0.25, 0.3) is 0 Å². The van der Waals surface area contributed by atoms with Crippen LogP contribution in [0.25, 0.3) is 0 Å². The molecule has 0 bridgehead atoms. The molecule has 0 saturated carbocycles. The van der Waals surface area contributed by atoms with Crippen LogP contribution in [0.1, 0.15) is 24.6 Å². The largest absolute Gasteiger partial charge is 0.313 e. The van der Waals surface area contributed by atoms with Crippen molar-refractivity contribution in [1.29, 1.82) is 0 Å². The van der Waals surface area contributed by atoms with E-state index >= 15 is 0 Å². The fourth-order valence-electron chi connectivity index (χ4n) is 1.78. The molecule has 14 heavy (non-hydrogen) atoms. The van der Waals surface area contributed by atoms with Gasteiger partial charge < -0.3 is 10.2 Å². The maximum absolute atomic E-state index is 4.39. The summed E-state index contributed by atoms with van der Waals surface area (Å²) in [5.74, 6) is 0. The Balaban J connectivity index is 2.03. The molecular weight excluding hydrogens is 176 g/mol. The number of rotatable bonds is 3. The van der Waals surface area contributed by atoms with E-state index in [2.05, 4.69) is 40.2 Å². The van der Waals surface area contributed by atoms with Gasteiger partial charge in [-0.25, -0.2) is 0 Å². The highest BCUT2D eigenvalue weighted by atomic mass is 15.4. The number of hydrogen-bond donors (Lipinski definition) is 1. The molecule has 0 aromatic carbocycles. The van der Waals surface area contributed by atoms with E-state index in [0.717, 1.165) is 13.1 Å². The van der Waals surface area contributed by atoms with Gasteiger partial charge in [-0.3, -0.25) is 4.68 Å². The van der Waals surface area contributed by atoms with Crippen LogP contribution in [0.2, 0.25) is 0 Å². The maximum atomic E-state index is 4.39. The summed E-state index contributed by atoms with van der Waals surface area (Å²) >= 11 is 0. The lowest BCUT2D eigenvalue weighted by molar-refractivity contribution is 0.130. The molecule has 0 radical (unpaired) electrons. The number of likely N-dealkylation sites (tertiary alicyclic amines) is 1. The highest BCUT2D eigenvalue weighted by molar-refractivity contribution is 5.10. The van der Waals surface area contributed by atoms with Gasteiger partial charge in [0.05, 0.1) is 12.2 Å². The number of aromatic nitrogens is 2. The normalized spacial score (nSPS) is 20.8. The van der Waals surface area contributed by atoms with Crippen LogP contribution < -0.4 is 5.32 Å². The Morgan fingerprint density at radius 3 is 2.86 bits per heavy atom. The van der Waals surface area contributed by atoms with Crippen molar-refractivity contribution in [1.82, 2.24) is 20.0 Å². The SMILES string of the molecule is CNC(C)c1cnn(C2CN(C)C2)c1. The molecule has 1 aliphatic heterocycles. The Hall–Kier alpha value is -0.870. The molecule has 0 amide bonds. The molecule has 2 rings (SSSR count). The molecule has 0 spiro atoms. The van der Waals surface area contributed by atoms with Crippen LogP contribution >= 0.6 is 0 Å². The molecule has 4 nitrogen and oxygen atoms in total. The first-order valence-corrected chi connectivity index (χ1v) is 5.10. The molecule has 4 heteroatoms. The topological polar surface area (TPSA) is 33.1 Å². The summed E-state index contributed by atoms with van der Waals surface area (Å²) in [6.45, 7) is 4.39. The second-order valence-electron chi connectivity index (χ2n) is 4.14. The van der Waals surface area contributed by atoms with Gasteiger partial charge in [0.1, 0.15) is 0 Å². The van der Waals surface area contributed by atoms with Crippen LogP contribution in [-0.4, -0.2) is 41.9 Å². The minimum Gasteiger partial charge on any atom is -0.313 e. The summed E-state index contributed by atoms with van der Waals surface area (Å²) in [6, 6.07) is 0.972. The average Bonchev–Trinajstić information content (AvgIpc) is 2.60. The van der Waals surface area contributed by atoms with E-state index in [1.165, 1.54) is 5.56 Å². The molecule has 0 aliphatic carbocycles. The first-order valence-electron chi connectivity index (χ1n) is 5.10. The van der Waals surface area contributed by atoms with Gasteiger partial charge in [0.2, 0.25) is 0 Å². The minimum atomic E-state index is 0.390. The van der Waals surface area contributed by atoms with Crippen molar-refractivity contribution in [3.05, 3.63) is 18.0 Å². The molecular formula is C10H18N4. The average molecular weight is 194 g/mol.